The van der Waals surface area contributed by atoms with E-state index in [0.717, 1.165) is 17.7 Å². The Labute approximate surface area is 90.1 Å². The van der Waals surface area contributed by atoms with Gasteiger partial charge in [0.15, 0.2) is 0 Å². The standard InChI is InChI=1S/C11H17N3O/c1-9-5-10(8-14-6-9)7-13-4-3-11(15)12-2/h5-6,8,13H,3-4,7H2,1-2H3,(H,12,15). The van der Waals surface area contributed by atoms with Crippen molar-refractivity contribution in [1.82, 2.24) is 15.6 Å². The molecule has 0 atom stereocenters. The maximum absolute atomic E-state index is 10.9. The van der Waals surface area contributed by atoms with Crippen molar-refractivity contribution in [3.05, 3.63) is 29.6 Å². The molecule has 1 heterocycles. The lowest BCUT2D eigenvalue weighted by Gasteiger charge is -2.04. The lowest BCUT2D eigenvalue weighted by atomic mass is 10.2. The second kappa shape index (κ2) is 6.14. The van der Waals surface area contributed by atoms with E-state index in [1.807, 2.05) is 19.3 Å². The van der Waals surface area contributed by atoms with Crippen LogP contribution in [0.1, 0.15) is 17.5 Å². The maximum atomic E-state index is 10.9. The molecule has 0 radical (unpaired) electrons. The summed E-state index contributed by atoms with van der Waals surface area (Å²) < 4.78 is 0. The molecular formula is C11H17N3O. The zero-order chi connectivity index (χ0) is 11.1. The minimum Gasteiger partial charge on any atom is -0.359 e. The van der Waals surface area contributed by atoms with Crippen LogP contribution in [0.5, 0.6) is 0 Å². The molecule has 1 amide bonds. The largest absolute Gasteiger partial charge is 0.359 e. The number of hydrogen-bond donors (Lipinski definition) is 2. The van der Waals surface area contributed by atoms with Gasteiger partial charge in [-0.3, -0.25) is 9.78 Å². The van der Waals surface area contributed by atoms with Crippen molar-refractivity contribution in [2.75, 3.05) is 13.6 Å². The van der Waals surface area contributed by atoms with Crippen LogP contribution in [0.15, 0.2) is 18.5 Å². The van der Waals surface area contributed by atoms with E-state index in [1.54, 1.807) is 7.05 Å². The van der Waals surface area contributed by atoms with E-state index >= 15 is 0 Å². The summed E-state index contributed by atoms with van der Waals surface area (Å²) in [4.78, 5) is 15.0. The Morgan fingerprint density at radius 3 is 2.93 bits per heavy atom. The van der Waals surface area contributed by atoms with Crippen LogP contribution in [0, 0.1) is 6.92 Å². The van der Waals surface area contributed by atoms with E-state index in [9.17, 15) is 4.79 Å². The van der Waals surface area contributed by atoms with Gasteiger partial charge in [0.25, 0.3) is 0 Å². The van der Waals surface area contributed by atoms with Gasteiger partial charge >= 0.3 is 0 Å². The van der Waals surface area contributed by atoms with Gasteiger partial charge in [-0.25, -0.2) is 0 Å². The molecule has 0 saturated carbocycles. The number of aryl methyl sites for hydroxylation is 1. The normalized spacial score (nSPS) is 10.0. The highest BCUT2D eigenvalue weighted by Gasteiger charge is 1.97. The summed E-state index contributed by atoms with van der Waals surface area (Å²) in [5.74, 6) is 0.0601. The summed E-state index contributed by atoms with van der Waals surface area (Å²) >= 11 is 0. The van der Waals surface area contributed by atoms with E-state index in [1.165, 1.54) is 0 Å². The zero-order valence-electron chi connectivity index (χ0n) is 9.21. The quantitative estimate of drug-likeness (QED) is 0.696. The molecule has 1 aromatic heterocycles. The maximum Gasteiger partial charge on any atom is 0.221 e. The topological polar surface area (TPSA) is 54.0 Å². The first-order valence-electron chi connectivity index (χ1n) is 5.04. The van der Waals surface area contributed by atoms with Crippen LogP contribution < -0.4 is 10.6 Å². The third kappa shape index (κ3) is 4.56. The van der Waals surface area contributed by atoms with Crippen molar-refractivity contribution in [3.63, 3.8) is 0 Å². The first-order valence-corrected chi connectivity index (χ1v) is 5.04. The second-order valence-corrected chi connectivity index (χ2v) is 3.47. The Bertz CT molecular complexity index is 325. The van der Waals surface area contributed by atoms with Crippen molar-refractivity contribution in [1.29, 1.82) is 0 Å². The molecule has 1 aromatic rings. The van der Waals surface area contributed by atoms with Crippen LogP contribution in [0.25, 0.3) is 0 Å². The lowest BCUT2D eigenvalue weighted by Crippen LogP contribution is -2.24. The lowest BCUT2D eigenvalue weighted by molar-refractivity contribution is -0.120. The Hall–Kier alpha value is -1.42. The highest BCUT2D eigenvalue weighted by atomic mass is 16.1. The van der Waals surface area contributed by atoms with Crippen molar-refractivity contribution < 1.29 is 4.79 Å². The van der Waals surface area contributed by atoms with E-state index in [2.05, 4.69) is 21.7 Å². The molecule has 1 rings (SSSR count). The number of carbonyl (C=O) groups is 1. The number of pyridine rings is 1. The molecule has 0 aliphatic carbocycles. The molecule has 0 saturated heterocycles. The molecule has 82 valence electrons. The molecular weight excluding hydrogens is 190 g/mol. The van der Waals surface area contributed by atoms with Crippen LogP contribution >= 0.6 is 0 Å². The number of carbonyl (C=O) groups excluding carboxylic acids is 1. The molecule has 0 unspecified atom stereocenters. The highest BCUT2D eigenvalue weighted by molar-refractivity contribution is 5.75. The van der Waals surface area contributed by atoms with Gasteiger partial charge in [-0.2, -0.15) is 0 Å². The van der Waals surface area contributed by atoms with Gasteiger partial charge in [0.05, 0.1) is 0 Å². The van der Waals surface area contributed by atoms with Gasteiger partial charge in [0.1, 0.15) is 0 Å². The van der Waals surface area contributed by atoms with E-state index in [0.29, 0.717) is 13.0 Å². The second-order valence-electron chi connectivity index (χ2n) is 3.47. The van der Waals surface area contributed by atoms with Gasteiger partial charge < -0.3 is 10.6 Å². The molecule has 0 aliphatic heterocycles. The number of rotatable bonds is 5. The number of nitrogens with one attached hydrogen (secondary N) is 2. The van der Waals surface area contributed by atoms with Crippen LogP contribution in [-0.4, -0.2) is 24.5 Å². The van der Waals surface area contributed by atoms with E-state index in [-0.39, 0.29) is 5.91 Å². The summed E-state index contributed by atoms with van der Waals surface area (Å²) in [6, 6.07) is 2.08. The summed E-state index contributed by atoms with van der Waals surface area (Å²) in [5, 5.41) is 5.77. The van der Waals surface area contributed by atoms with Crippen molar-refractivity contribution in [2.45, 2.75) is 19.9 Å². The Balaban J connectivity index is 2.23. The Kier molecular flexibility index (Phi) is 4.77. The number of nitrogens with zero attached hydrogens (tertiary/aromatic N) is 1. The molecule has 4 nitrogen and oxygen atoms in total. The predicted molar refractivity (Wildman–Crippen MR) is 59.4 cm³/mol. The van der Waals surface area contributed by atoms with Crippen LogP contribution in [0.3, 0.4) is 0 Å². The average Bonchev–Trinajstić information content (AvgIpc) is 2.24. The summed E-state index contributed by atoms with van der Waals surface area (Å²) in [7, 11) is 1.65. The van der Waals surface area contributed by atoms with Crippen LogP contribution in [0.4, 0.5) is 0 Å². The van der Waals surface area contributed by atoms with Gasteiger partial charge in [0.2, 0.25) is 5.91 Å². The Morgan fingerprint density at radius 2 is 2.27 bits per heavy atom. The van der Waals surface area contributed by atoms with Crippen LogP contribution in [-0.2, 0) is 11.3 Å². The average molecular weight is 207 g/mol. The van der Waals surface area contributed by atoms with E-state index in [4.69, 9.17) is 0 Å². The first kappa shape index (κ1) is 11.7. The number of amides is 1. The van der Waals surface area contributed by atoms with Gasteiger partial charge in [0, 0.05) is 39.0 Å². The zero-order valence-corrected chi connectivity index (χ0v) is 9.21. The van der Waals surface area contributed by atoms with Gasteiger partial charge in [-0.1, -0.05) is 6.07 Å². The third-order valence-corrected chi connectivity index (χ3v) is 2.07. The number of aromatic nitrogens is 1. The van der Waals surface area contributed by atoms with Gasteiger partial charge in [-0.15, -0.1) is 0 Å². The third-order valence-electron chi connectivity index (χ3n) is 2.07. The fraction of sp³-hybridized carbons (Fsp3) is 0.455. The van der Waals surface area contributed by atoms with Crippen molar-refractivity contribution in [2.24, 2.45) is 0 Å². The molecule has 0 aromatic carbocycles. The molecule has 0 fully saturated rings. The van der Waals surface area contributed by atoms with E-state index < -0.39 is 0 Å². The minimum absolute atomic E-state index is 0.0601. The highest BCUT2D eigenvalue weighted by Crippen LogP contribution is 2.00. The van der Waals surface area contributed by atoms with Crippen molar-refractivity contribution >= 4 is 5.91 Å². The molecule has 0 aliphatic rings. The fourth-order valence-corrected chi connectivity index (χ4v) is 1.27. The predicted octanol–water partition coefficient (Wildman–Crippen LogP) is 0.616. The smallest absolute Gasteiger partial charge is 0.221 e. The minimum atomic E-state index is 0.0601. The number of hydrogen-bond acceptors (Lipinski definition) is 3. The first-order chi connectivity index (χ1) is 7.22. The molecule has 15 heavy (non-hydrogen) atoms. The van der Waals surface area contributed by atoms with Crippen molar-refractivity contribution in [3.8, 4) is 0 Å². The molecule has 0 bridgehead atoms. The SMILES string of the molecule is CNC(=O)CCNCc1cncc(C)c1. The van der Waals surface area contributed by atoms with Gasteiger partial charge in [-0.05, 0) is 18.1 Å². The summed E-state index contributed by atoms with van der Waals surface area (Å²) in [6.45, 7) is 3.46. The monoisotopic (exact) mass is 207 g/mol. The molecule has 4 heteroatoms. The Morgan fingerprint density at radius 1 is 1.47 bits per heavy atom. The summed E-state index contributed by atoms with van der Waals surface area (Å²) in [5.41, 5.74) is 2.30. The molecule has 0 spiro atoms. The fourth-order valence-electron chi connectivity index (χ4n) is 1.27. The summed E-state index contributed by atoms with van der Waals surface area (Å²) in [6.07, 6.45) is 4.17. The molecule has 2 N–H and O–H groups in total. The van der Waals surface area contributed by atoms with Crippen LogP contribution in [0.2, 0.25) is 0 Å².